The Labute approximate surface area is 142 Å². The van der Waals surface area contributed by atoms with Crippen LogP contribution in [0, 0.1) is 10.5 Å². The zero-order valence-corrected chi connectivity index (χ0v) is 15.3. The number of nitrogens with one attached hydrogen (secondary N) is 1. The summed E-state index contributed by atoms with van der Waals surface area (Å²) in [7, 11) is 0. The molecule has 1 aromatic heterocycles. The molecule has 0 aliphatic carbocycles. The van der Waals surface area contributed by atoms with E-state index in [1.807, 2.05) is 12.3 Å². The maximum absolute atomic E-state index is 11.5. The molecule has 1 aromatic carbocycles. The molecule has 0 fully saturated rings. The summed E-state index contributed by atoms with van der Waals surface area (Å²) in [6.07, 6.45) is 0. The fourth-order valence-electron chi connectivity index (χ4n) is 1.89. The number of aryl methyl sites for hydroxylation is 1. The van der Waals surface area contributed by atoms with E-state index in [2.05, 4.69) is 58.0 Å². The molecule has 0 spiro atoms. The van der Waals surface area contributed by atoms with E-state index in [4.69, 9.17) is 0 Å². The maximum Gasteiger partial charge on any atom is 0.225 e. The Bertz CT molecular complexity index is 642. The van der Waals surface area contributed by atoms with Gasteiger partial charge >= 0.3 is 0 Å². The highest BCUT2D eigenvalue weighted by Gasteiger charge is 2.13. The number of anilines is 2. The van der Waals surface area contributed by atoms with Crippen LogP contribution in [0.5, 0.6) is 0 Å². The lowest BCUT2D eigenvalue weighted by Crippen LogP contribution is -2.27. The van der Waals surface area contributed by atoms with Gasteiger partial charge in [0.05, 0.1) is 12.2 Å². The highest BCUT2D eigenvalue weighted by molar-refractivity contribution is 14.1. The normalized spacial score (nSPS) is 10.5. The lowest BCUT2D eigenvalue weighted by atomic mass is 10.2. The largest absolute Gasteiger partial charge is 0.379 e. The number of carbonyl (C=O) groups is 1. The first kappa shape index (κ1) is 16.2. The molecule has 2 aromatic rings. The van der Waals surface area contributed by atoms with E-state index in [1.165, 1.54) is 20.5 Å². The summed E-state index contributed by atoms with van der Waals surface area (Å²) >= 11 is 3.84. The van der Waals surface area contributed by atoms with Gasteiger partial charge in [0.25, 0.3) is 0 Å². The van der Waals surface area contributed by atoms with Crippen molar-refractivity contribution in [1.82, 2.24) is 4.98 Å². The van der Waals surface area contributed by atoms with Gasteiger partial charge < -0.3 is 5.32 Å². The third kappa shape index (κ3) is 4.16. The van der Waals surface area contributed by atoms with Gasteiger partial charge in [-0.25, -0.2) is 4.98 Å². The molecule has 0 aliphatic heterocycles. The first-order valence-corrected chi connectivity index (χ1v) is 8.69. The number of nitrogens with zero attached hydrogens (tertiary/aromatic N) is 2. The molecule has 0 bridgehead atoms. The number of hydrogen-bond donors (Lipinski definition) is 1. The number of carbonyl (C=O) groups excluding carboxylic acids is 1. The zero-order chi connectivity index (χ0) is 15.4. The molecule has 0 saturated heterocycles. The molecule has 2 rings (SSSR count). The Morgan fingerprint density at radius 3 is 2.86 bits per heavy atom. The first-order valence-electron chi connectivity index (χ1n) is 6.73. The summed E-state index contributed by atoms with van der Waals surface area (Å²) in [6, 6.07) is 6.29. The lowest BCUT2D eigenvalue weighted by molar-refractivity contribution is -0.116. The van der Waals surface area contributed by atoms with E-state index < -0.39 is 0 Å². The van der Waals surface area contributed by atoms with E-state index in [0.717, 1.165) is 16.5 Å². The second-order valence-electron chi connectivity index (χ2n) is 4.70. The van der Waals surface area contributed by atoms with Gasteiger partial charge in [0.15, 0.2) is 5.13 Å². The van der Waals surface area contributed by atoms with Crippen molar-refractivity contribution in [1.29, 1.82) is 0 Å². The summed E-state index contributed by atoms with van der Waals surface area (Å²) in [5.41, 5.74) is 3.31. The van der Waals surface area contributed by atoms with Crippen LogP contribution in [0.2, 0.25) is 0 Å². The molecule has 6 heteroatoms. The Morgan fingerprint density at radius 1 is 1.48 bits per heavy atom. The van der Waals surface area contributed by atoms with Gasteiger partial charge in [0.1, 0.15) is 0 Å². The molecule has 0 radical (unpaired) electrons. The molecule has 0 aliphatic rings. The smallest absolute Gasteiger partial charge is 0.225 e. The minimum absolute atomic E-state index is 0.0273. The number of amides is 1. The van der Waals surface area contributed by atoms with E-state index in [0.29, 0.717) is 13.1 Å². The zero-order valence-electron chi connectivity index (χ0n) is 12.3. The Kier molecular flexibility index (Phi) is 5.58. The van der Waals surface area contributed by atoms with Gasteiger partial charge in [0, 0.05) is 28.1 Å². The predicted octanol–water partition coefficient (Wildman–Crippen LogP) is 4.04. The minimum atomic E-state index is 0.0273. The number of thiazole rings is 1. The van der Waals surface area contributed by atoms with Crippen molar-refractivity contribution in [3.05, 3.63) is 38.4 Å². The Balaban J connectivity index is 2.02. The molecule has 0 unspecified atom stereocenters. The molecule has 112 valence electrons. The van der Waals surface area contributed by atoms with Crippen LogP contribution in [-0.4, -0.2) is 17.4 Å². The summed E-state index contributed by atoms with van der Waals surface area (Å²) in [5, 5.41) is 6.12. The predicted molar refractivity (Wildman–Crippen MR) is 97.0 cm³/mol. The van der Waals surface area contributed by atoms with Crippen molar-refractivity contribution in [2.45, 2.75) is 27.3 Å². The SMILES string of the molecule is CCN(C(C)=O)c1nc(CNc2ccc(C)c(I)c2)cs1. The molecular weight excluding hydrogens is 397 g/mol. The topological polar surface area (TPSA) is 45.2 Å². The fourth-order valence-corrected chi connectivity index (χ4v) is 3.34. The average Bonchev–Trinajstić information content (AvgIpc) is 2.89. The lowest BCUT2D eigenvalue weighted by Gasteiger charge is -2.14. The minimum Gasteiger partial charge on any atom is -0.379 e. The first-order chi connectivity index (χ1) is 10.0. The van der Waals surface area contributed by atoms with Gasteiger partial charge in [-0.2, -0.15) is 0 Å². The Morgan fingerprint density at radius 2 is 2.24 bits per heavy atom. The Hall–Kier alpha value is -1.15. The average molecular weight is 415 g/mol. The van der Waals surface area contributed by atoms with Crippen LogP contribution >= 0.6 is 33.9 Å². The third-order valence-corrected chi connectivity index (χ3v) is 5.19. The van der Waals surface area contributed by atoms with Gasteiger partial charge in [-0.1, -0.05) is 6.07 Å². The van der Waals surface area contributed by atoms with Crippen LogP contribution in [0.15, 0.2) is 23.6 Å². The van der Waals surface area contributed by atoms with E-state index in [9.17, 15) is 4.79 Å². The standard InChI is InChI=1S/C15H18IN3OS/c1-4-19(11(3)20)15-18-13(9-21-15)8-17-12-6-5-10(2)14(16)7-12/h5-7,9,17H,4,8H2,1-3H3. The number of halogens is 1. The van der Waals surface area contributed by atoms with E-state index in [1.54, 1.807) is 11.8 Å². The van der Waals surface area contributed by atoms with Crippen LogP contribution in [0.25, 0.3) is 0 Å². The van der Waals surface area contributed by atoms with Crippen molar-refractivity contribution in [2.75, 3.05) is 16.8 Å². The van der Waals surface area contributed by atoms with Crippen LogP contribution < -0.4 is 10.2 Å². The van der Waals surface area contributed by atoms with E-state index >= 15 is 0 Å². The van der Waals surface area contributed by atoms with E-state index in [-0.39, 0.29) is 5.91 Å². The molecule has 0 saturated carbocycles. The van der Waals surface area contributed by atoms with Crippen molar-refractivity contribution < 1.29 is 4.79 Å². The number of hydrogen-bond acceptors (Lipinski definition) is 4. The van der Waals surface area contributed by atoms with Crippen LogP contribution in [0.4, 0.5) is 10.8 Å². The molecule has 1 heterocycles. The number of rotatable bonds is 5. The van der Waals surface area contributed by atoms with Crippen LogP contribution in [0.1, 0.15) is 25.1 Å². The van der Waals surface area contributed by atoms with Crippen molar-refractivity contribution in [3.63, 3.8) is 0 Å². The van der Waals surface area contributed by atoms with Crippen molar-refractivity contribution in [2.24, 2.45) is 0 Å². The monoisotopic (exact) mass is 415 g/mol. The molecular formula is C15H18IN3OS. The van der Waals surface area contributed by atoms with Gasteiger partial charge in [-0.15, -0.1) is 11.3 Å². The van der Waals surface area contributed by atoms with Crippen LogP contribution in [-0.2, 0) is 11.3 Å². The molecule has 1 amide bonds. The van der Waals surface area contributed by atoms with Crippen molar-refractivity contribution in [3.8, 4) is 0 Å². The quantitative estimate of drug-likeness (QED) is 0.750. The maximum atomic E-state index is 11.5. The molecule has 21 heavy (non-hydrogen) atoms. The second kappa shape index (κ2) is 7.22. The highest BCUT2D eigenvalue weighted by atomic mass is 127. The third-order valence-electron chi connectivity index (χ3n) is 3.11. The van der Waals surface area contributed by atoms with Gasteiger partial charge in [0.2, 0.25) is 5.91 Å². The second-order valence-corrected chi connectivity index (χ2v) is 6.70. The summed E-state index contributed by atoms with van der Waals surface area (Å²) < 4.78 is 1.24. The molecule has 4 nitrogen and oxygen atoms in total. The van der Waals surface area contributed by atoms with Gasteiger partial charge in [-0.3, -0.25) is 9.69 Å². The summed E-state index contributed by atoms with van der Waals surface area (Å²) in [4.78, 5) is 17.7. The highest BCUT2D eigenvalue weighted by Crippen LogP contribution is 2.22. The number of aromatic nitrogens is 1. The molecule has 0 atom stereocenters. The van der Waals surface area contributed by atoms with Crippen LogP contribution in [0.3, 0.4) is 0 Å². The summed E-state index contributed by atoms with van der Waals surface area (Å²) in [5.74, 6) is 0.0273. The fraction of sp³-hybridized carbons (Fsp3) is 0.333. The number of benzene rings is 1. The molecule has 1 N–H and O–H groups in total. The summed E-state index contributed by atoms with van der Waals surface area (Å²) in [6.45, 7) is 6.92. The van der Waals surface area contributed by atoms with Gasteiger partial charge in [-0.05, 0) is 54.1 Å². The van der Waals surface area contributed by atoms with Crippen molar-refractivity contribution >= 4 is 50.7 Å².